The predicted octanol–water partition coefficient (Wildman–Crippen LogP) is 3.05. The molecule has 1 aliphatic carbocycles. The van der Waals surface area contributed by atoms with Gasteiger partial charge in [-0.1, -0.05) is 23.7 Å². The van der Waals surface area contributed by atoms with E-state index in [-0.39, 0.29) is 12.0 Å². The Labute approximate surface area is 107 Å². The Bertz CT molecular complexity index is 469. The normalized spacial score (nSPS) is 17.3. The molecule has 98 valence electrons. The van der Waals surface area contributed by atoms with Gasteiger partial charge < -0.3 is 5.32 Å². The third-order valence-electron chi connectivity index (χ3n) is 3.14. The van der Waals surface area contributed by atoms with Crippen LogP contribution < -0.4 is 5.32 Å². The van der Waals surface area contributed by atoms with Crippen molar-refractivity contribution < 1.29 is 18.0 Å². The lowest BCUT2D eigenvalue weighted by Crippen LogP contribution is -2.40. The lowest BCUT2D eigenvalue weighted by Gasteiger charge is -2.17. The molecule has 1 N–H and O–H groups in total. The Morgan fingerprint density at radius 1 is 1.39 bits per heavy atom. The third kappa shape index (κ3) is 2.77. The molecule has 1 aliphatic rings. The Balaban J connectivity index is 2.03. The molecule has 0 radical (unpaired) electrons. The quantitative estimate of drug-likeness (QED) is 0.904. The van der Waals surface area contributed by atoms with Gasteiger partial charge >= 0.3 is 12.1 Å². The number of carbonyl (C=O) groups excluding carboxylic acids is 1. The van der Waals surface area contributed by atoms with Crippen LogP contribution in [-0.4, -0.2) is 18.6 Å². The molecule has 0 unspecified atom stereocenters. The summed E-state index contributed by atoms with van der Waals surface area (Å²) in [7, 11) is 0. The van der Waals surface area contributed by atoms with E-state index in [4.69, 9.17) is 11.6 Å². The first-order valence-corrected chi connectivity index (χ1v) is 5.82. The van der Waals surface area contributed by atoms with E-state index < -0.39 is 12.1 Å². The largest absolute Gasteiger partial charge is 0.471 e. The van der Waals surface area contributed by atoms with Crippen LogP contribution >= 0.6 is 11.6 Å². The van der Waals surface area contributed by atoms with Gasteiger partial charge in [0.1, 0.15) is 0 Å². The second-order valence-electron chi connectivity index (χ2n) is 4.47. The second kappa shape index (κ2) is 4.46. The Hall–Kier alpha value is -1.23. The van der Waals surface area contributed by atoms with Gasteiger partial charge in [0.15, 0.2) is 0 Å². The number of alkyl halides is 3. The second-order valence-corrected chi connectivity index (χ2v) is 4.91. The van der Waals surface area contributed by atoms with E-state index in [0.717, 1.165) is 18.4 Å². The highest BCUT2D eigenvalue weighted by molar-refractivity contribution is 6.30. The summed E-state index contributed by atoms with van der Waals surface area (Å²) in [6, 6.07) is 7.01. The molecule has 6 heteroatoms. The van der Waals surface area contributed by atoms with Crippen molar-refractivity contribution in [2.45, 2.75) is 24.4 Å². The molecule has 0 saturated heterocycles. The van der Waals surface area contributed by atoms with Crippen molar-refractivity contribution in [2.75, 3.05) is 6.54 Å². The van der Waals surface area contributed by atoms with E-state index in [1.54, 1.807) is 18.2 Å². The SMILES string of the molecule is O=C(NCC1(c2cccc(Cl)c2)CC1)C(F)(F)F. The van der Waals surface area contributed by atoms with E-state index in [0.29, 0.717) is 5.02 Å². The zero-order valence-corrected chi connectivity index (χ0v) is 10.1. The molecule has 0 spiro atoms. The number of nitrogens with one attached hydrogen (secondary N) is 1. The molecule has 1 amide bonds. The van der Waals surface area contributed by atoms with Crippen molar-refractivity contribution in [3.63, 3.8) is 0 Å². The maximum Gasteiger partial charge on any atom is 0.471 e. The molecular formula is C12H11ClF3NO. The van der Waals surface area contributed by atoms with Crippen LogP contribution in [0.3, 0.4) is 0 Å². The van der Waals surface area contributed by atoms with Gasteiger partial charge in [-0.15, -0.1) is 0 Å². The Morgan fingerprint density at radius 2 is 2.06 bits per heavy atom. The summed E-state index contributed by atoms with van der Waals surface area (Å²) in [5, 5.41) is 2.48. The molecule has 1 aromatic rings. The van der Waals surface area contributed by atoms with Gasteiger partial charge in [-0.2, -0.15) is 13.2 Å². The summed E-state index contributed by atoms with van der Waals surface area (Å²) in [5.41, 5.74) is 0.490. The van der Waals surface area contributed by atoms with Crippen LogP contribution in [0.4, 0.5) is 13.2 Å². The molecule has 1 fully saturated rings. The summed E-state index contributed by atoms with van der Waals surface area (Å²) in [6.07, 6.45) is -3.32. The summed E-state index contributed by atoms with van der Waals surface area (Å²) >= 11 is 5.85. The summed E-state index contributed by atoms with van der Waals surface area (Å²) in [4.78, 5) is 10.8. The monoisotopic (exact) mass is 277 g/mol. The first-order chi connectivity index (χ1) is 8.33. The zero-order valence-electron chi connectivity index (χ0n) is 9.35. The fourth-order valence-corrected chi connectivity index (χ4v) is 2.08. The number of carbonyl (C=O) groups is 1. The minimum atomic E-state index is -4.83. The number of rotatable bonds is 3. The maximum absolute atomic E-state index is 12.1. The van der Waals surface area contributed by atoms with Crippen molar-refractivity contribution in [1.29, 1.82) is 0 Å². The van der Waals surface area contributed by atoms with Gasteiger partial charge in [0.25, 0.3) is 0 Å². The molecule has 2 rings (SSSR count). The average Bonchev–Trinajstić information content (AvgIpc) is 3.05. The highest BCUT2D eigenvalue weighted by Gasteiger charge is 2.46. The van der Waals surface area contributed by atoms with E-state index in [1.807, 2.05) is 11.4 Å². The number of amides is 1. The van der Waals surface area contributed by atoms with E-state index >= 15 is 0 Å². The Morgan fingerprint density at radius 3 is 2.56 bits per heavy atom. The van der Waals surface area contributed by atoms with Crippen molar-refractivity contribution in [3.05, 3.63) is 34.9 Å². The van der Waals surface area contributed by atoms with Crippen molar-refractivity contribution in [2.24, 2.45) is 0 Å². The van der Waals surface area contributed by atoms with Gasteiger partial charge in [0, 0.05) is 17.0 Å². The molecule has 1 aromatic carbocycles. The van der Waals surface area contributed by atoms with Crippen LogP contribution in [0.5, 0.6) is 0 Å². The average molecular weight is 278 g/mol. The molecule has 0 aromatic heterocycles. The molecule has 1 saturated carbocycles. The van der Waals surface area contributed by atoms with Crippen LogP contribution in [0.2, 0.25) is 5.02 Å². The number of halogens is 4. The molecule has 0 bridgehead atoms. The first kappa shape index (κ1) is 13.2. The minimum absolute atomic E-state index is 0.00825. The number of benzene rings is 1. The van der Waals surface area contributed by atoms with E-state index in [2.05, 4.69) is 0 Å². The molecule has 18 heavy (non-hydrogen) atoms. The Kier molecular flexibility index (Phi) is 3.27. The van der Waals surface area contributed by atoms with Gasteiger partial charge in [-0.25, -0.2) is 0 Å². The fourth-order valence-electron chi connectivity index (χ4n) is 1.89. The van der Waals surface area contributed by atoms with E-state index in [9.17, 15) is 18.0 Å². The fraction of sp³-hybridized carbons (Fsp3) is 0.417. The molecule has 0 aliphatic heterocycles. The topological polar surface area (TPSA) is 29.1 Å². The van der Waals surface area contributed by atoms with Gasteiger partial charge in [-0.3, -0.25) is 4.79 Å². The van der Waals surface area contributed by atoms with Gasteiger partial charge in [-0.05, 0) is 30.5 Å². The standard InChI is InChI=1S/C12H11ClF3NO/c13-9-3-1-2-8(6-9)11(4-5-11)7-17-10(18)12(14,15)16/h1-3,6H,4-5,7H2,(H,17,18). The van der Waals surface area contributed by atoms with Gasteiger partial charge in [0.2, 0.25) is 0 Å². The number of hydrogen-bond acceptors (Lipinski definition) is 1. The van der Waals surface area contributed by atoms with Crippen LogP contribution in [0.25, 0.3) is 0 Å². The lowest BCUT2D eigenvalue weighted by atomic mass is 9.96. The van der Waals surface area contributed by atoms with Crippen molar-refractivity contribution in [1.82, 2.24) is 5.32 Å². The van der Waals surface area contributed by atoms with Crippen LogP contribution in [-0.2, 0) is 10.2 Å². The van der Waals surface area contributed by atoms with Crippen molar-refractivity contribution >= 4 is 17.5 Å². The summed E-state index contributed by atoms with van der Waals surface area (Å²) < 4.78 is 36.2. The maximum atomic E-state index is 12.1. The minimum Gasteiger partial charge on any atom is -0.347 e. The molecular weight excluding hydrogens is 267 g/mol. The van der Waals surface area contributed by atoms with E-state index in [1.165, 1.54) is 0 Å². The van der Waals surface area contributed by atoms with Crippen LogP contribution in [0.15, 0.2) is 24.3 Å². The van der Waals surface area contributed by atoms with Crippen molar-refractivity contribution in [3.8, 4) is 0 Å². The molecule has 0 atom stereocenters. The molecule has 0 heterocycles. The van der Waals surface area contributed by atoms with Crippen LogP contribution in [0.1, 0.15) is 18.4 Å². The van der Waals surface area contributed by atoms with Crippen LogP contribution in [0, 0.1) is 0 Å². The summed E-state index contributed by atoms with van der Waals surface area (Å²) in [6.45, 7) is -0.00825. The highest BCUT2D eigenvalue weighted by Crippen LogP contribution is 2.48. The number of hydrogen-bond donors (Lipinski definition) is 1. The summed E-state index contributed by atoms with van der Waals surface area (Å²) in [5.74, 6) is -1.89. The highest BCUT2D eigenvalue weighted by atomic mass is 35.5. The zero-order chi connectivity index (χ0) is 13.4. The predicted molar refractivity (Wildman–Crippen MR) is 61.4 cm³/mol. The third-order valence-corrected chi connectivity index (χ3v) is 3.37. The van der Waals surface area contributed by atoms with Gasteiger partial charge in [0.05, 0.1) is 0 Å². The first-order valence-electron chi connectivity index (χ1n) is 5.45. The molecule has 2 nitrogen and oxygen atoms in total. The smallest absolute Gasteiger partial charge is 0.347 e. The lowest BCUT2D eigenvalue weighted by molar-refractivity contribution is -0.173.